The number of halogens is 3. The van der Waals surface area contributed by atoms with Gasteiger partial charge < -0.3 is 47.2 Å². The molecule has 61 heavy (non-hydrogen) atoms. The van der Waals surface area contributed by atoms with Crippen molar-refractivity contribution in [1.82, 2.24) is 36.9 Å². The Kier molecular flexibility index (Phi) is 29.7. The van der Waals surface area contributed by atoms with E-state index in [9.17, 15) is 37.1 Å². The maximum Gasteiger partial charge on any atom is 0.433 e. The van der Waals surface area contributed by atoms with Crippen molar-refractivity contribution in [3.8, 4) is 11.6 Å². The molecule has 3 heterocycles. The van der Waals surface area contributed by atoms with Gasteiger partial charge in [-0.3, -0.25) is 14.4 Å². The van der Waals surface area contributed by atoms with Gasteiger partial charge in [0.1, 0.15) is 17.7 Å². The molecule has 0 aliphatic carbocycles. The maximum absolute atomic E-state index is 12.7. The summed E-state index contributed by atoms with van der Waals surface area (Å²) >= 11 is 1.91. The molecule has 1 aromatic heterocycles. The molecule has 0 radical (unpaired) electrons. The number of aldehydes is 1. The third-order valence-corrected chi connectivity index (χ3v) is 10.5. The molecule has 344 valence electrons. The number of urea groups is 1. The van der Waals surface area contributed by atoms with Crippen LogP contribution in [0.2, 0.25) is 0 Å². The summed E-state index contributed by atoms with van der Waals surface area (Å²) in [5.41, 5.74) is 5.64. The molecule has 4 rings (SSSR count). The minimum Gasteiger partial charge on any atom is -0.439 e. The van der Waals surface area contributed by atoms with Crippen molar-refractivity contribution in [2.24, 2.45) is 5.73 Å². The molecule has 18 heteroatoms. The van der Waals surface area contributed by atoms with Gasteiger partial charge in [0.05, 0.1) is 12.1 Å². The number of aromatic nitrogens is 1. The van der Waals surface area contributed by atoms with E-state index >= 15 is 0 Å². The Morgan fingerprint density at radius 2 is 1.57 bits per heavy atom. The molecule has 0 saturated carbocycles. The third kappa shape index (κ3) is 25.8. The van der Waals surface area contributed by atoms with Crippen molar-refractivity contribution in [3.05, 3.63) is 53.2 Å². The smallest absolute Gasteiger partial charge is 0.433 e. The molecule has 0 bridgehead atoms. The number of aryl methyl sites for hydroxylation is 1. The number of hydrogen-bond acceptors (Lipinski definition) is 10. The molecule has 2 saturated heterocycles. The Morgan fingerprint density at radius 1 is 0.918 bits per heavy atom. The highest BCUT2D eigenvalue weighted by atomic mass is 32.2. The molecular weight excluding hydrogens is 814 g/mol. The summed E-state index contributed by atoms with van der Waals surface area (Å²) in [7, 11) is 1.84. The minimum atomic E-state index is -4.53. The zero-order valence-corrected chi connectivity index (χ0v) is 37.1. The SMILES string of the molecule is CCC.CNCCNC=O.Cc1cccc(Oc2cc(CN)cc(C(F)(F)F)n2)c1.O=CCCCCCNC(=O)CCCCCNC(=O)CCCCC1SC[C@@H]2NC(=O)N[C@H]12. The number of amides is 5. The first-order valence-electron chi connectivity index (χ1n) is 21.3. The fourth-order valence-electron chi connectivity index (χ4n) is 5.95. The average Bonchev–Trinajstić information content (AvgIpc) is 3.78. The quantitative estimate of drug-likeness (QED) is 0.0357. The first-order chi connectivity index (χ1) is 29.3. The van der Waals surface area contributed by atoms with Crippen molar-refractivity contribution in [3.63, 3.8) is 0 Å². The predicted molar refractivity (Wildman–Crippen MR) is 235 cm³/mol. The average molecular weight is 883 g/mol. The summed E-state index contributed by atoms with van der Waals surface area (Å²) in [6, 6.07) is 9.74. The van der Waals surface area contributed by atoms with E-state index in [0.29, 0.717) is 61.9 Å². The van der Waals surface area contributed by atoms with E-state index < -0.39 is 11.9 Å². The number of rotatable bonds is 24. The summed E-state index contributed by atoms with van der Waals surface area (Å²) in [6.07, 6.45) is 8.34. The van der Waals surface area contributed by atoms with Crippen LogP contribution in [0, 0.1) is 6.92 Å². The number of ether oxygens (including phenoxy) is 1. The van der Waals surface area contributed by atoms with Crippen LogP contribution < -0.4 is 42.4 Å². The van der Waals surface area contributed by atoms with E-state index in [1.807, 2.05) is 31.8 Å². The van der Waals surface area contributed by atoms with Crippen molar-refractivity contribution < 1.29 is 41.9 Å². The Hall–Kier alpha value is -4.42. The largest absolute Gasteiger partial charge is 0.439 e. The highest BCUT2D eigenvalue weighted by Crippen LogP contribution is 2.33. The highest BCUT2D eigenvalue weighted by Gasteiger charge is 2.42. The number of alkyl halides is 3. The number of fused-ring (bicyclic) bond motifs is 1. The molecule has 0 spiro atoms. The van der Waals surface area contributed by atoms with Crippen LogP contribution in [0.25, 0.3) is 0 Å². The lowest BCUT2D eigenvalue weighted by Crippen LogP contribution is -2.36. The van der Waals surface area contributed by atoms with Crippen molar-refractivity contribution in [1.29, 1.82) is 0 Å². The number of carbonyl (C=O) groups excluding carboxylic acids is 5. The van der Waals surface area contributed by atoms with Crippen molar-refractivity contribution in [2.45, 2.75) is 134 Å². The Bertz CT molecular complexity index is 1560. The number of nitrogens with two attached hydrogens (primary N) is 1. The zero-order chi connectivity index (χ0) is 45.3. The van der Waals surface area contributed by atoms with Crippen LogP contribution in [-0.2, 0) is 31.9 Å². The van der Waals surface area contributed by atoms with E-state index in [1.165, 1.54) is 12.5 Å². The Balaban J connectivity index is 0.000000526. The number of unbranched alkanes of at least 4 members (excludes halogenated alkanes) is 6. The normalized spacial score (nSPS) is 16.1. The molecule has 1 unspecified atom stereocenters. The second-order valence-electron chi connectivity index (χ2n) is 14.6. The molecule has 8 N–H and O–H groups in total. The second kappa shape index (κ2) is 33.2. The summed E-state index contributed by atoms with van der Waals surface area (Å²) in [4.78, 5) is 58.3. The predicted octanol–water partition coefficient (Wildman–Crippen LogP) is 6.29. The Morgan fingerprint density at radius 3 is 2.16 bits per heavy atom. The van der Waals surface area contributed by atoms with Crippen LogP contribution in [0.4, 0.5) is 18.0 Å². The molecule has 3 atom stereocenters. The summed E-state index contributed by atoms with van der Waals surface area (Å²) in [5.74, 6) is 1.46. The topological polar surface area (TPSA) is 206 Å². The second-order valence-corrected chi connectivity index (χ2v) is 15.9. The van der Waals surface area contributed by atoms with Crippen LogP contribution in [-0.4, -0.2) is 91.8 Å². The first-order valence-corrected chi connectivity index (χ1v) is 22.4. The fourth-order valence-corrected chi connectivity index (χ4v) is 7.50. The van der Waals surface area contributed by atoms with Crippen LogP contribution >= 0.6 is 11.8 Å². The number of hydrogen-bond donors (Lipinski definition) is 7. The van der Waals surface area contributed by atoms with Gasteiger partial charge in [-0.05, 0) is 81.8 Å². The van der Waals surface area contributed by atoms with Crippen molar-refractivity contribution >= 4 is 42.3 Å². The number of likely N-dealkylation sites (N-methyl/N-ethyl adjacent to an activating group) is 1. The molecule has 2 fully saturated rings. The molecule has 2 aliphatic rings. The van der Waals surface area contributed by atoms with Crippen LogP contribution in [0.3, 0.4) is 0 Å². The van der Waals surface area contributed by atoms with Gasteiger partial charge in [0.2, 0.25) is 24.1 Å². The van der Waals surface area contributed by atoms with E-state index in [0.717, 1.165) is 88.0 Å². The lowest BCUT2D eigenvalue weighted by atomic mass is 10.0. The number of thioether (sulfide) groups is 1. The van der Waals surface area contributed by atoms with Gasteiger partial charge in [0.15, 0.2) is 0 Å². The molecular formula is C43H69F3N8O6S. The van der Waals surface area contributed by atoms with Gasteiger partial charge in [-0.1, -0.05) is 51.7 Å². The van der Waals surface area contributed by atoms with E-state index in [-0.39, 0.29) is 42.4 Å². The van der Waals surface area contributed by atoms with E-state index in [2.05, 4.69) is 50.7 Å². The number of carbonyl (C=O) groups is 5. The standard InChI is InChI=1S/C22H38N4O4S.C14H13F3N2O.C4H10N2O.C3H8/c27-15-9-2-1-7-13-23-19(28)11-4-3-8-14-24-20(29)12-6-5-10-18-21-17(16-31-18)25-22(30)26-21;1-9-3-2-4-11(5-9)20-13-7-10(8-18)6-12(19-13)14(15,16)17;1-5-2-3-6-4-7;1-3-2/h15,17-18,21H,1-14,16H2,(H,23,28)(H,24,29)(H2,25,26,30);2-7H,8,18H2,1H3;4-5H,2-3H2,1H3,(H,6,7);3H2,1-2H3/t17-,18?,21-;;;/m0.../s1. The van der Waals surface area contributed by atoms with Gasteiger partial charge in [0, 0.05) is 69.1 Å². The summed E-state index contributed by atoms with van der Waals surface area (Å²) < 4.78 is 43.6. The lowest BCUT2D eigenvalue weighted by Gasteiger charge is -2.16. The number of nitrogens with one attached hydrogen (secondary N) is 6. The van der Waals surface area contributed by atoms with Gasteiger partial charge >= 0.3 is 12.2 Å². The van der Waals surface area contributed by atoms with Gasteiger partial charge in [-0.2, -0.15) is 24.9 Å². The van der Waals surface area contributed by atoms with Gasteiger partial charge in [-0.15, -0.1) is 0 Å². The fraction of sp³-hybridized carbons (Fsp3) is 0.628. The van der Waals surface area contributed by atoms with Crippen LogP contribution in [0.15, 0.2) is 36.4 Å². The van der Waals surface area contributed by atoms with Crippen molar-refractivity contribution in [2.75, 3.05) is 39.0 Å². The lowest BCUT2D eigenvalue weighted by molar-refractivity contribution is -0.141. The van der Waals surface area contributed by atoms with Crippen LogP contribution in [0.1, 0.15) is 114 Å². The monoisotopic (exact) mass is 883 g/mol. The molecule has 2 aromatic rings. The molecule has 5 amide bonds. The van der Waals surface area contributed by atoms with Gasteiger partial charge in [0.25, 0.3) is 0 Å². The molecule has 14 nitrogen and oxygen atoms in total. The number of pyridine rings is 1. The van der Waals surface area contributed by atoms with E-state index in [4.69, 9.17) is 10.5 Å². The highest BCUT2D eigenvalue weighted by molar-refractivity contribution is 8.00. The number of nitrogens with zero attached hydrogens (tertiary/aromatic N) is 1. The van der Waals surface area contributed by atoms with Crippen LogP contribution in [0.5, 0.6) is 11.6 Å². The summed E-state index contributed by atoms with van der Waals surface area (Å²) in [6.45, 7) is 8.98. The zero-order valence-electron chi connectivity index (χ0n) is 36.3. The third-order valence-electron chi connectivity index (χ3n) is 9.01. The molecule has 2 aliphatic heterocycles. The maximum atomic E-state index is 12.7. The first kappa shape index (κ1) is 54.6. The summed E-state index contributed by atoms with van der Waals surface area (Å²) in [5, 5.41) is 17.7. The molecule has 1 aromatic carbocycles. The minimum absolute atomic E-state index is 0.0181. The number of benzene rings is 1. The van der Waals surface area contributed by atoms with Gasteiger partial charge in [-0.25, -0.2) is 9.78 Å². The van der Waals surface area contributed by atoms with E-state index in [1.54, 1.807) is 18.2 Å². The Labute approximate surface area is 364 Å².